The van der Waals surface area contributed by atoms with E-state index in [1.54, 1.807) is 17.7 Å². The number of hydrogen-bond acceptors (Lipinski definition) is 2. The molecule has 0 saturated carbocycles. The molecule has 76 valence electrons. The lowest BCUT2D eigenvalue weighted by molar-refractivity contribution is -0.108. The van der Waals surface area contributed by atoms with E-state index in [1.807, 2.05) is 6.92 Å². The molecule has 1 heterocycles. The molecule has 1 aromatic rings. The quantitative estimate of drug-likeness (QED) is 0.774. The Labute approximate surface area is 90.9 Å². The summed E-state index contributed by atoms with van der Waals surface area (Å²) in [5.41, 5.74) is 1.52. The fourth-order valence-corrected chi connectivity index (χ4v) is 2.22. The minimum Gasteiger partial charge on any atom is -0.343 e. The maximum absolute atomic E-state index is 11.6. The van der Waals surface area contributed by atoms with Crippen LogP contribution in [0.1, 0.15) is 18.2 Å². The third-order valence-electron chi connectivity index (χ3n) is 2.11. The van der Waals surface area contributed by atoms with Crippen molar-refractivity contribution in [2.24, 2.45) is 0 Å². The van der Waals surface area contributed by atoms with E-state index in [0.29, 0.717) is 16.6 Å². The van der Waals surface area contributed by atoms with Crippen molar-refractivity contribution >= 4 is 22.2 Å². The number of pyridine rings is 1. The molecule has 0 aliphatic carbocycles. The lowest BCUT2D eigenvalue weighted by Crippen LogP contribution is -2.17. The molecule has 0 atom stereocenters. The van der Waals surface area contributed by atoms with Crippen molar-refractivity contribution in [1.29, 1.82) is 0 Å². The predicted molar refractivity (Wildman–Crippen MR) is 58.6 cm³/mol. The number of carbonyl (C=O) groups excluding carboxylic acids is 1. The molecule has 0 aromatic carbocycles. The average molecular weight is 258 g/mol. The first-order valence-corrected chi connectivity index (χ1v) is 5.23. The van der Waals surface area contributed by atoms with Gasteiger partial charge in [0.2, 0.25) is 0 Å². The maximum atomic E-state index is 11.6. The van der Waals surface area contributed by atoms with Gasteiger partial charge in [0.1, 0.15) is 6.29 Å². The molecular formula is C10H12BrNO2. The number of aromatic nitrogens is 1. The molecule has 0 fully saturated rings. The molecule has 0 N–H and O–H groups in total. The Bertz CT molecular complexity index is 409. The maximum Gasteiger partial charge on any atom is 0.198 e. The van der Waals surface area contributed by atoms with Crippen LogP contribution in [0, 0.1) is 6.92 Å². The van der Waals surface area contributed by atoms with E-state index < -0.39 is 0 Å². The molecule has 0 bridgehead atoms. The monoisotopic (exact) mass is 257 g/mol. The van der Waals surface area contributed by atoms with Crippen molar-refractivity contribution in [2.45, 2.75) is 26.8 Å². The molecule has 1 aromatic heterocycles. The predicted octanol–water partition coefficient (Wildman–Crippen LogP) is 1.68. The highest BCUT2D eigenvalue weighted by atomic mass is 79.9. The Kier molecular flexibility index (Phi) is 3.63. The highest BCUT2D eigenvalue weighted by Crippen LogP contribution is 2.13. The van der Waals surface area contributed by atoms with Crippen molar-refractivity contribution in [3.8, 4) is 0 Å². The molecule has 0 radical (unpaired) electrons. The second-order valence-electron chi connectivity index (χ2n) is 3.07. The average Bonchev–Trinajstić information content (AvgIpc) is 2.16. The van der Waals surface area contributed by atoms with Gasteiger partial charge in [0, 0.05) is 17.5 Å². The first-order chi connectivity index (χ1) is 6.61. The molecule has 0 unspecified atom stereocenters. The summed E-state index contributed by atoms with van der Waals surface area (Å²) in [5.74, 6) is 0. The van der Waals surface area contributed by atoms with E-state index in [2.05, 4.69) is 15.9 Å². The molecule has 3 nitrogen and oxygen atoms in total. The van der Waals surface area contributed by atoms with Crippen molar-refractivity contribution in [1.82, 2.24) is 4.57 Å². The first kappa shape index (κ1) is 11.2. The summed E-state index contributed by atoms with van der Waals surface area (Å²) in [5, 5.41) is 0. The summed E-state index contributed by atoms with van der Waals surface area (Å²) in [4.78, 5) is 22.0. The topological polar surface area (TPSA) is 39.1 Å². The Morgan fingerprint density at radius 3 is 2.71 bits per heavy atom. The van der Waals surface area contributed by atoms with E-state index in [1.165, 1.54) is 0 Å². The second kappa shape index (κ2) is 4.55. The molecule has 14 heavy (non-hydrogen) atoms. The van der Waals surface area contributed by atoms with E-state index in [0.717, 1.165) is 18.4 Å². The van der Waals surface area contributed by atoms with Gasteiger partial charge in [-0.3, -0.25) is 4.79 Å². The van der Waals surface area contributed by atoms with Gasteiger partial charge in [-0.05, 0) is 29.3 Å². The zero-order valence-electron chi connectivity index (χ0n) is 8.21. The van der Waals surface area contributed by atoms with E-state index in [-0.39, 0.29) is 5.43 Å². The van der Waals surface area contributed by atoms with Crippen molar-refractivity contribution < 1.29 is 4.79 Å². The lowest BCUT2D eigenvalue weighted by atomic mass is 10.2. The van der Waals surface area contributed by atoms with Gasteiger partial charge in [-0.25, -0.2) is 0 Å². The van der Waals surface area contributed by atoms with Gasteiger partial charge >= 0.3 is 0 Å². The normalized spacial score (nSPS) is 10.2. The van der Waals surface area contributed by atoms with Crippen LogP contribution in [0.4, 0.5) is 0 Å². The Morgan fingerprint density at radius 2 is 2.21 bits per heavy atom. The van der Waals surface area contributed by atoms with E-state index in [4.69, 9.17) is 0 Å². The largest absolute Gasteiger partial charge is 0.343 e. The van der Waals surface area contributed by atoms with Crippen LogP contribution in [0.5, 0.6) is 0 Å². The van der Waals surface area contributed by atoms with Crippen LogP contribution in [0.3, 0.4) is 0 Å². The smallest absolute Gasteiger partial charge is 0.198 e. The molecular weight excluding hydrogens is 246 g/mol. The Hall–Kier alpha value is -0.900. The number of aldehydes is 1. The zero-order chi connectivity index (χ0) is 10.7. The van der Waals surface area contributed by atoms with Crippen LogP contribution in [0.25, 0.3) is 0 Å². The fraction of sp³-hybridized carbons (Fsp3) is 0.400. The molecule has 0 amide bonds. The third-order valence-corrected chi connectivity index (χ3v) is 2.93. The number of carbonyl (C=O) groups is 1. The van der Waals surface area contributed by atoms with Crippen LogP contribution >= 0.6 is 15.9 Å². The second-order valence-corrected chi connectivity index (χ2v) is 3.87. The highest BCUT2D eigenvalue weighted by Gasteiger charge is 2.09. The number of rotatable bonds is 3. The molecule has 0 saturated heterocycles. The van der Waals surface area contributed by atoms with Crippen LogP contribution in [-0.4, -0.2) is 10.9 Å². The Morgan fingerprint density at radius 1 is 1.57 bits per heavy atom. The summed E-state index contributed by atoms with van der Waals surface area (Å²) >= 11 is 3.26. The van der Waals surface area contributed by atoms with Gasteiger partial charge < -0.3 is 9.36 Å². The van der Waals surface area contributed by atoms with Gasteiger partial charge in [0.05, 0.1) is 11.0 Å². The highest BCUT2D eigenvalue weighted by molar-refractivity contribution is 9.10. The van der Waals surface area contributed by atoms with Crippen molar-refractivity contribution in [3.05, 3.63) is 32.2 Å². The number of hydrogen-bond donors (Lipinski definition) is 0. The van der Waals surface area contributed by atoms with Gasteiger partial charge in [0.15, 0.2) is 5.43 Å². The molecule has 0 spiro atoms. The summed E-state index contributed by atoms with van der Waals surface area (Å²) in [6, 6.07) is 0. The van der Waals surface area contributed by atoms with Crippen molar-refractivity contribution in [2.75, 3.05) is 0 Å². The third kappa shape index (κ3) is 1.95. The van der Waals surface area contributed by atoms with E-state index >= 15 is 0 Å². The van der Waals surface area contributed by atoms with Gasteiger partial charge in [-0.15, -0.1) is 0 Å². The van der Waals surface area contributed by atoms with E-state index in [9.17, 15) is 9.59 Å². The molecule has 0 aliphatic heterocycles. The summed E-state index contributed by atoms with van der Waals surface area (Å²) in [7, 11) is 0. The minimum atomic E-state index is 0.00370. The minimum absolute atomic E-state index is 0.00370. The Balaban J connectivity index is 3.43. The van der Waals surface area contributed by atoms with Crippen LogP contribution in [0.2, 0.25) is 0 Å². The van der Waals surface area contributed by atoms with Gasteiger partial charge in [-0.1, -0.05) is 6.92 Å². The van der Waals surface area contributed by atoms with Gasteiger partial charge in [-0.2, -0.15) is 0 Å². The first-order valence-electron chi connectivity index (χ1n) is 4.43. The summed E-state index contributed by atoms with van der Waals surface area (Å²) in [6.07, 6.45) is 3.28. The fourth-order valence-electron chi connectivity index (χ4n) is 1.40. The molecule has 4 heteroatoms. The number of aryl methyl sites for hydroxylation is 1. The van der Waals surface area contributed by atoms with Crippen LogP contribution < -0.4 is 5.43 Å². The van der Waals surface area contributed by atoms with Crippen LogP contribution in [-0.2, 0) is 17.8 Å². The summed E-state index contributed by atoms with van der Waals surface area (Å²) < 4.78 is 2.37. The van der Waals surface area contributed by atoms with Gasteiger partial charge in [0.25, 0.3) is 0 Å². The van der Waals surface area contributed by atoms with Crippen molar-refractivity contribution in [3.63, 3.8) is 0 Å². The zero-order valence-corrected chi connectivity index (χ0v) is 9.80. The lowest BCUT2D eigenvalue weighted by Gasteiger charge is -2.12. The van der Waals surface area contributed by atoms with Crippen LogP contribution in [0.15, 0.2) is 15.5 Å². The molecule has 0 aliphatic rings. The molecule has 1 rings (SSSR count). The number of halogens is 1. The SMILES string of the molecule is CCc1c(Br)c(=O)c(C)cn1CC=O. The summed E-state index contributed by atoms with van der Waals surface area (Å²) in [6.45, 7) is 3.99. The number of nitrogens with zero attached hydrogens (tertiary/aromatic N) is 1. The standard InChI is InChI=1S/C10H12BrNO2/c1-3-8-9(11)10(14)7(2)6-12(8)4-5-13/h5-6H,3-4H2,1-2H3.